The van der Waals surface area contributed by atoms with E-state index in [1.165, 1.54) is 0 Å². The highest BCUT2D eigenvalue weighted by atomic mass is 32.2. The Balaban J connectivity index is 2.42. The summed E-state index contributed by atoms with van der Waals surface area (Å²) in [4.78, 5) is 24.5. The lowest BCUT2D eigenvalue weighted by molar-refractivity contribution is -0.141. The minimum atomic E-state index is -0.780. The maximum Gasteiger partial charge on any atom is 0.317 e. The maximum absolute atomic E-state index is 12.0. The minimum absolute atomic E-state index is 0.113. The van der Waals surface area contributed by atoms with Gasteiger partial charge in [0.25, 0.3) is 0 Å². The number of carboxylic acid groups (broad SMARTS) is 1. The van der Waals surface area contributed by atoms with Crippen molar-refractivity contribution in [1.82, 2.24) is 10.2 Å². The first-order chi connectivity index (χ1) is 8.90. The highest BCUT2D eigenvalue weighted by Crippen LogP contribution is 2.43. The molecule has 1 aliphatic rings. The van der Waals surface area contributed by atoms with Crippen LogP contribution in [0.4, 0.5) is 4.79 Å². The first-order valence-corrected chi connectivity index (χ1v) is 8.01. The van der Waals surface area contributed by atoms with Gasteiger partial charge in [-0.1, -0.05) is 6.42 Å². The molecule has 1 unspecified atom stereocenters. The van der Waals surface area contributed by atoms with Gasteiger partial charge in [-0.15, -0.1) is 0 Å². The quantitative estimate of drug-likeness (QED) is 0.752. The van der Waals surface area contributed by atoms with Crippen LogP contribution in [0.15, 0.2) is 0 Å². The Morgan fingerprint density at radius 3 is 2.53 bits per heavy atom. The molecule has 1 rings (SSSR count). The van der Waals surface area contributed by atoms with Crippen molar-refractivity contribution >= 4 is 23.8 Å². The van der Waals surface area contributed by atoms with Gasteiger partial charge in [0.1, 0.15) is 0 Å². The number of carbonyl (C=O) groups is 2. The Morgan fingerprint density at radius 2 is 2.11 bits per heavy atom. The van der Waals surface area contributed by atoms with Crippen LogP contribution in [0.25, 0.3) is 0 Å². The number of carbonyl (C=O) groups excluding carboxylic acids is 1. The number of hydrogen-bond donors (Lipinski definition) is 2. The topological polar surface area (TPSA) is 69.6 Å². The second kappa shape index (κ2) is 7.03. The number of thioether (sulfide) groups is 1. The highest BCUT2D eigenvalue weighted by Gasteiger charge is 2.39. The lowest BCUT2D eigenvalue weighted by Crippen LogP contribution is -2.49. The molecule has 0 aromatic heterocycles. The van der Waals surface area contributed by atoms with Crippen LogP contribution in [0.1, 0.15) is 32.6 Å². The summed E-state index contributed by atoms with van der Waals surface area (Å²) in [6.45, 7) is 2.47. The molecule has 0 aliphatic heterocycles. The number of nitrogens with zero attached hydrogens (tertiary/aromatic N) is 1. The molecule has 19 heavy (non-hydrogen) atoms. The predicted octanol–water partition coefficient (Wildman–Crippen LogP) is 2.02. The molecule has 0 aromatic rings. The van der Waals surface area contributed by atoms with Gasteiger partial charge in [0.05, 0.1) is 6.42 Å². The third kappa shape index (κ3) is 4.60. The first-order valence-electron chi connectivity index (χ1n) is 6.61. The van der Waals surface area contributed by atoms with E-state index >= 15 is 0 Å². The number of amides is 2. The molecule has 0 aromatic carbocycles. The SMILES string of the molecule is CSCC(C)N(C)C(=O)NCC1(CC(=O)O)CCC1. The molecule has 2 N–H and O–H groups in total. The molecule has 110 valence electrons. The van der Waals surface area contributed by atoms with Crippen molar-refractivity contribution in [3.05, 3.63) is 0 Å². The van der Waals surface area contributed by atoms with E-state index in [1.807, 2.05) is 13.2 Å². The number of nitrogens with one attached hydrogen (secondary N) is 1. The third-order valence-corrected chi connectivity index (χ3v) is 4.76. The summed E-state index contributed by atoms with van der Waals surface area (Å²) in [6, 6.07) is 0.0602. The molecule has 0 bridgehead atoms. The van der Waals surface area contributed by atoms with Crippen molar-refractivity contribution in [3.63, 3.8) is 0 Å². The summed E-state index contributed by atoms with van der Waals surface area (Å²) in [6.07, 6.45) is 5.00. The Morgan fingerprint density at radius 1 is 1.47 bits per heavy atom. The molecule has 0 radical (unpaired) electrons. The van der Waals surface area contributed by atoms with Gasteiger partial charge in [-0.25, -0.2) is 4.79 Å². The van der Waals surface area contributed by atoms with Gasteiger partial charge in [-0.2, -0.15) is 11.8 Å². The Labute approximate surface area is 119 Å². The number of rotatable bonds is 7. The van der Waals surface area contributed by atoms with Gasteiger partial charge in [0, 0.05) is 25.4 Å². The van der Waals surface area contributed by atoms with Crippen LogP contribution in [-0.2, 0) is 4.79 Å². The predicted molar refractivity (Wildman–Crippen MR) is 77.5 cm³/mol. The fourth-order valence-corrected chi connectivity index (χ4v) is 3.06. The molecule has 6 heteroatoms. The second-order valence-corrected chi connectivity index (χ2v) is 6.41. The van der Waals surface area contributed by atoms with Gasteiger partial charge >= 0.3 is 12.0 Å². The van der Waals surface area contributed by atoms with E-state index in [1.54, 1.807) is 23.7 Å². The zero-order valence-corrected chi connectivity index (χ0v) is 12.8. The van der Waals surface area contributed by atoms with Crippen molar-refractivity contribution in [3.8, 4) is 0 Å². The summed E-state index contributed by atoms with van der Waals surface area (Å²) in [7, 11) is 1.78. The van der Waals surface area contributed by atoms with Crippen LogP contribution in [0.5, 0.6) is 0 Å². The van der Waals surface area contributed by atoms with E-state index in [2.05, 4.69) is 5.32 Å². The average molecular weight is 288 g/mol. The van der Waals surface area contributed by atoms with Crippen LogP contribution in [0.2, 0.25) is 0 Å². The van der Waals surface area contributed by atoms with Crippen LogP contribution >= 0.6 is 11.8 Å². The van der Waals surface area contributed by atoms with E-state index in [0.29, 0.717) is 6.54 Å². The molecular formula is C13H24N2O3S. The van der Waals surface area contributed by atoms with Gasteiger partial charge in [-0.3, -0.25) is 4.79 Å². The summed E-state index contributed by atoms with van der Waals surface area (Å²) in [5.41, 5.74) is -0.217. The maximum atomic E-state index is 12.0. The zero-order valence-electron chi connectivity index (χ0n) is 11.9. The number of carboxylic acids is 1. The molecular weight excluding hydrogens is 264 g/mol. The van der Waals surface area contributed by atoms with Crippen LogP contribution in [0, 0.1) is 5.41 Å². The normalized spacial score (nSPS) is 18.3. The van der Waals surface area contributed by atoms with Crippen molar-refractivity contribution in [2.75, 3.05) is 25.6 Å². The van der Waals surface area contributed by atoms with Crippen LogP contribution in [-0.4, -0.2) is 53.6 Å². The number of hydrogen-bond acceptors (Lipinski definition) is 3. The lowest BCUT2D eigenvalue weighted by atomic mass is 9.66. The fraction of sp³-hybridized carbons (Fsp3) is 0.846. The van der Waals surface area contributed by atoms with Crippen LogP contribution in [0.3, 0.4) is 0 Å². The van der Waals surface area contributed by atoms with E-state index in [0.717, 1.165) is 25.0 Å². The van der Waals surface area contributed by atoms with Gasteiger partial charge < -0.3 is 15.3 Å². The third-order valence-electron chi connectivity index (χ3n) is 3.94. The Bertz CT molecular complexity index is 332. The molecule has 1 saturated carbocycles. The Hall–Kier alpha value is -0.910. The standard InChI is InChI=1S/C13H24N2O3S/c1-10(8-19-3)15(2)12(18)14-9-13(5-4-6-13)7-11(16)17/h10H,4-9H2,1-3H3,(H,14,18)(H,16,17). The molecule has 5 nitrogen and oxygen atoms in total. The van der Waals surface area contributed by atoms with Gasteiger partial charge in [-0.05, 0) is 31.4 Å². The molecule has 0 spiro atoms. The number of aliphatic carboxylic acids is 1. The van der Waals surface area contributed by atoms with E-state index in [-0.39, 0.29) is 23.9 Å². The lowest BCUT2D eigenvalue weighted by Gasteiger charge is -2.41. The van der Waals surface area contributed by atoms with Gasteiger partial charge in [0.15, 0.2) is 0 Å². The van der Waals surface area contributed by atoms with E-state index in [4.69, 9.17) is 5.11 Å². The summed E-state index contributed by atoms with van der Waals surface area (Å²) < 4.78 is 0. The van der Waals surface area contributed by atoms with Crippen LogP contribution < -0.4 is 5.32 Å². The van der Waals surface area contributed by atoms with Crippen molar-refractivity contribution < 1.29 is 14.7 Å². The van der Waals surface area contributed by atoms with Crippen molar-refractivity contribution in [2.45, 2.75) is 38.6 Å². The largest absolute Gasteiger partial charge is 0.481 e. The van der Waals surface area contributed by atoms with Crippen molar-refractivity contribution in [1.29, 1.82) is 0 Å². The minimum Gasteiger partial charge on any atom is -0.481 e. The number of urea groups is 1. The van der Waals surface area contributed by atoms with Crippen molar-refractivity contribution in [2.24, 2.45) is 5.41 Å². The van der Waals surface area contributed by atoms with E-state index in [9.17, 15) is 9.59 Å². The molecule has 0 saturated heterocycles. The Kier molecular flexibility index (Phi) is 5.97. The molecule has 1 atom stereocenters. The smallest absolute Gasteiger partial charge is 0.317 e. The average Bonchev–Trinajstić information content (AvgIpc) is 2.30. The monoisotopic (exact) mass is 288 g/mol. The zero-order chi connectivity index (χ0) is 14.5. The summed E-state index contributed by atoms with van der Waals surface area (Å²) in [5.74, 6) is 0.113. The highest BCUT2D eigenvalue weighted by molar-refractivity contribution is 7.98. The molecule has 1 aliphatic carbocycles. The summed E-state index contributed by atoms with van der Waals surface area (Å²) in [5, 5.41) is 11.8. The second-order valence-electron chi connectivity index (χ2n) is 5.50. The van der Waals surface area contributed by atoms with E-state index < -0.39 is 5.97 Å². The molecule has 0 heterocycles. The summed E-state index contributed by atoms with van der Waals surface area (Å²) >= 11 is 1.70. The van der Waals surface area contributed by atoms with Gasteiger partial charge in [0.2, 0.25) is 0 Å². The fourth-order valence-electron chi connectivity index (χ4n) is 2.35. The first kappa shape index (κ1) is 16.1. The molecule has 2 amide bonds. The molecule has 1 fully saturated rings.